The van der Waals surface area contributed by atoms with E-state index in [0.717, 1.165) is 33.3 Å². The number of carbonyl (C=O) groups is 1. The Kier molecular flexibility index (Phi) is 5.93. The van der Waals surface area contributed by atoms with Crippen LogP contribution in [0.4, 0.5) is 0 Å². The van der Waals surface area contributed by atoms with Crippen molar-refractivity contribution in [1.82, 2.24) is 20.1 Å². The second kappa shape index (κ2) is 9.49. The van der Waals surface area contributed by atoms with Crippen molar-refractivity contribution in [3.63, 3.8) is 0 Å². The highest BCUT2D eigenvalue weighted by Gasteiger charge is 2.21. The van der Waals surface area contributed by atoms with Gasteiger partial charge in [0.05, 0.1) is 23.4 Å². The normalized spacial score (nSPS) is 11.9. The molecule has 33 heavy (non-hydrogen) atoms. The number of nitrogens with one attached hydrogen (secondary N) is 1. The zero-order valence-corrected chi connectivity index (χ0v) is 18.1. The summed E-state index contributed by atoms with van der Waals surface area (Å²) < 4.78 is 1.74. The standard InChI is InChI=1S/C28H24N4O/c33-27(20-32-26-16-8-7-14-23(26)19-30-32)31-25(18-21-10-3-1-4-11-21)28-24(15-9-17-29-28)22-12-5-2-6-13-22/h1-17,19,25H,18,20H2,(H,31,33)/t25-/m1/s1. The van der Waals surface area contributed by atoms with Crippen molar-refractivity contribution >= 4 is 16.8 Å². The molecule has 5 nitrogen and oxygen atoms in total. The Hall–Kier alpha value is -4.25. The lowest BCUT2D eigenvalue weighted by atomic mass is 9.95. The molecule has 5 rings (SSSR count). The Labute approximate surface area is 192 Å². The van der Waals surface area contributed by atoms with Gasteiger partial charge < -0.3 is 5.32 Å². The van der Waals surface area contributed by atoms with Crippen molar-refractivity contribution in [3.8, 4) is 11.1 Å². The van der Waals surface area contributed by atoms with Crippen LogP contribution in [0.15, 0.2) is 109 Å². The highest BCUT2D eigenvalue weighted by Crippen LogP contribution is 2.28. The Bertz CT molecular complexity index is 1360. The lowest BCUT2D eigenvalue weighted by Crippen LogP contribution is -2.33. The molecule has 0 radical (unpaired) electrons. The summed E-state index contributed by atoms with van der Waals surface area (Å²) in [5.74, 6) is -0.102. The maximum atomic E-state index is 13.2. The lowest BCUT2D eigenvalue weighted by Gasteiger charge is -2.21. The first kappa shape index (κ1) is 20.6. The fraction of sp³-hybridized carbons (Fsp3) is 0.107. The van der Waals surface area contributed by atoms with E-state index in [0.29, 0.717) is 6.42 Å². The van der Waals surface area contributed by atoms with E-state index in [1.54, 1.807) is 17.1 Å². The Morgan fingerprint density at radius 3 is 2.39 bits per heavy atom. The third-order valence-electron chi connectivity index (χ3n) is 5.72. The van der Waals surface area contributed by atoms with E-state index in [1.165, 1.54) is 0 Å². The monoisotopic (exact) mass is 432 g/mol. The summed E-state index contributed by atoms with van der Waals surface area (Å²) in [4.78, 5) is 17.9. The summed E-state index contributed by atoms with van der Waals surface area (Å²) in [7, 11) is 0. The number of hydrogen-bond donors (Lipinski definition) is 1. The topological polar surface area (TPSA) is 59.8 Å². The molecule has 0 unspecified atom stereocenters. The van der Waals surface area contributed by atoms with E-state index in [4.69, 9.17) is 4.98 Å². The smallest absolute Gasteiger partial charge is 0.242 e. The molecule has 0 fully saturated rings. The second-order valence-electron chi connectivity index (χ2n) is 7.97. The van der Waals surface area contributed by atoms with Gasteiger partial charge in [-0.3, -0.25) is 14.5 Å². The number of nitrogens with zero attached hydrogens (tertiary/aromatic N) is 3. The van der Waals surface area contributed by atoms with Gasteiger partial charge >= 0.3 is 0 Å². The molecule has 0 spiro atoms. The van der Waals surface area contributed by atoms with E-state index in [1.807, 2.05) is 66.7 Å². The number of fused-ring (bicyclic) bond motifs is 1. The summed E-state index contributed by atoms with van der Waals surface area (Å²) in [5, 5.41) is 8.65. The molecule has 2 aromatic heterocycles. The van der Waals surface area contributed by atoms with Crippen LogP contribution in [-0.2, 0) is 17.8 Å². The molecule has 1 amide bonds. The zero-order valence-electron chi connectivity index (χ0n) is 18.1. The van der Waals surface area contributed by atoms with Gasteiger partial charge in [0.2, 0.25) is 5.91 Å². The number of benzene rings is 3. The van der Waals surface area contributed by atoms with Crippen LogP contribution < -0.4 is 5.32 Å². The SMILES string of the molecule is O=C(Cn1ncc2ccccc21)N[C@H](Cc1ccccc1)c1ncccc1-c1ccccc1. The van der Waals surface area contributed by atoms with Crippen LogP contribution in [0.25, 0.3) is 22.0 Å². The van der Waals surface area contributed by atoms with Gasteiger partial charge in [0.25, 0.3) is 0 Å². The van der Waals surface area contributed by atoms with Gasteiger partial charge in [0.15, 0.2) is 0 Å². The van der Waals surface area contributed by atoms with Crippen LogP contribution in [0, 0.1) is 0 Å². The predicted molar refractivity (Wildman–Crippen MR) is 130 cm³/mol. The van der Waals surface area contributed by atoms with Crippen molar-refractivity contribution in [2.45, 2.75) is 19.0 Å². The van der Waals surface area contributed by atoms with Crippen LogP contribution in [0.1, 0.15) is 17.3 Å². The van der Waals surface area contributed by atoms with Gasteiger partial charge in [0.1, 0.15) is 6.54 Å². The van der Waals surface area contributed by atoms with Crippen LogP contribution in [0.5, 0.6) is 0 Å². The zero-order chi connectivity index (χ0) is 22.5. The molecule has 2 heterocycles. The average molecular weight is 433 g/mol. The first-order chi connectivity index (χ1) is 16.3. The summed E-state index contributed by atoms with van der Waals surface area (Å²) in [6.07, 6.45) is 4.21. The molecule has 0 saturated heterocycles. The molecule has 0 aliphatic heterocycles. The Morgan fingerprint density at radius 2 is 1.58 bits per heavy atom. The van der Waals surface area contributed by atoms with Crippen molar-refractivity contribution < 1.29 is 4.79 Å². The highest BCUT2D eigenvalue weighted by molar-refractivity contribution is 5.82. The van der Waals surface area contributed by atoms with Crippen LogP contribution >= 0.6 is 0 Å². The van der Waals surface area contributed by atoms with Gasteiger partial charge in [-0.15, -0.1) is 0 Å². The first-order valence-corrected chi connectivity index (χ1v) is 11.0. The number of para-hydroxylation sites is 1. The van der Waals surface area contributed by atoms with Crippen molar-refractivity contribution in [1.29, 1.82) is 0 Å². The summed E-state index contributed by atoms with van der Waals surface area (Å²) in [6.45, 7) is 0.145. The third kappa shape index (κ3) is 4.67. The Morgan fingerprint density at radius 1 is 0.848 bits per heavy atom. The quantitative estimate of drug-likeness (QED) is 0.385. The molecule has 162 valence electrons. The van der Waals surface area contributed by atoms with Crippen LogP contribution in [0.2, 0.25) is 0 Å². The van der Waals surface area contributed by atoms with Gasteiger partial charge in [-0.1, -0.05) is 84.9 Å². The molecule has 1 N–H and O–H groups in total. The molecular weight excluding hydrogens is 408 g/mol. The fourth-order valence-corrected chi connectivity index (χ4v) is 4.15. The largest absolute Gasteiger partial charge is 0.346 e. The number of amides is 1. The molecule has 3 aromatic carbocycles. The summed E-state index contributed by atoms with van der Waals surface area (Å²) in [6, 6.07) is 31.9. The van der Waals surface area contributed by atoms with E-state index < -0.39 is 0 Å². The van der Waals surface area contributed by atoms with Gasteiger partial charge in [-0.25, -0.2) is 0 Å². The van der Waals surface area contributed by atoms with E-state index in [2.05, 4.69) is 40.7 Å². The molecule has 1 atom stereocenters. The van der Waals surface area contributed by atoms with Crippen molar-refractivity contribution in [3.05, 3.63) is 121 Å². The fourth-order valence-electron chi connectivity index (χ4n) is 4.15. The highest BCUT2D eigenvalue weighted by atomic mass is 16.2. The third-order valence-corrected chi connectivity index (χ3v) is 5.72. The van der Waals surface area contributed by atoms with Crippen molar-refractivity contribution in [2.24, 2.45) is 0 Å². The van der Waals surface area contributed by atoms with Gasteiger partial charge in [-0.05, 0) is 29.7 Å². The molecule has 0 aliphatic carbocycles. The average Bonchev–Trinajstić information content (AvgIpc) is 3.27. The number of hydrogen-bond acceptors (Lipinski definition) is 3. The number of aromatic nitrogens is 3. The number of rotatable bonds is 7. The minimum Gasteiger partial charge on any atom is -0.346 e. The maximum absolute atomic E-state index is 13.2. The lowest BCUT2D eigenvalue weighted by molar-refractivity contribution is -0.122. The molecule has 0 saturated carbocycles. The van der Waals surface area contributed by atoms with Crippen LogP contribution in [-0.4, -0.2) is 20.7 Å². The molecule has 0 aliphatic rings. The maximum Gasteiger partial charge on any atom is 0.242 e. The van der Waals surface area contributed by atoms with Gasteiger partial charge in [0, 0.05) is 17.1 Å². The van der Waals surface area contributed by atoms with E-state index in [-0.39, 0.29) is 18.5 Å². The van der Waals surface area contributed by atoms with Crippen molar-refractivity contribution in [2.75, 3.05) is 0 Å². The van der Waals surface area contributed by atoms with E-state index in [9.17, 15) is 4.79 Å². The molecule has 5 aromatic rings. The molecule has 0 bridgehead atoms. The van der Waals surface area contributed by atoms with Crippen LogP contribution in [0.3, 0.4) is 0 Å². The Balaban J connectivity index is 1.46. The minimum atomic E-state index is -0.280. The minimum absolute atomic E-state index is 0.102. The predicted octanol–water partition coefficient (Wildman–Crippen LogP) is 5.20. The molecule has 5 heteroatoms. The second-order valence-corrected chi connectivity index (χ2v) is 7.97. The number of pyridine rings is 1. The van der Waals surface area contributed by atoms with E-state index >= 15 is 0 Å². The summed E-state index contributed by atoms with van der Waals surface area (Å²) in [5.41, 5.74) is 5.02. The molecular formula is C28H24N4O. The number of carbonyl (C=O) groups excluding carboxylic acids is 1. The first-order valence-electron chi connectivity index (χ1n) is 11.0. The van der Waals surface area contributed by atoms with Gasteiger partial charge in [-0.2, -0.15) is 5.10 Å². The summed E-state index contributed by atoms with van der Waals surface area (Å²) >= 11 is 0.